The first-order valence-corrected chi connectivity index (χ1v) is 8.63. The number of carbonyl (C=O) groups excluding carboxylic acids is 2. The predicted octanol–water partition coefficient (Wildman–Crippen LogP) is -1.63. The summed E-state index contributed by atoms with van der Waals surface area (Å²) in [6, 6.07) is 2.96. The summed E-state index contributed by atoms with van der Waals surface area (Å²) in [5.74, 6) is -1.39. The zero-order valence-electron chi connectivity index (χ0n) is 13.1. The van der Waals surface area contributed by atoms with E-state index in [-0.39, 0.29) is 5.56 Å². The van der Waals surface area contributed by atoms with Crippen molar-refractivity contribution in [3.8, 4) is 0 Å². The third kappa shape index (κ3) is 5.05. The van der Waals surface area contributed by atoms with Crippen LogP contribution in [0.2, 0.25) is 0 Å². The van der Waals surface area contributed by atoms with E-state index in [1.165, 1.54) is 29.1 Å². The van der Waals surface area contributed by atoms with E-state index in [1.807, 2.05) is 0 Å². The van der Waals surface area contributed by atoms with Gasteiger partial charge in [0.1, 0.15) is 17.8 Å². The van der Waals surface area contributed by atoms with E-state index < -0.39 is 50.8 Å². The first-order valence-electron chi connectivity index (χ1n) is 7.10. The van der Waals surface area contributed by atoms with Crippen molar-refractivity contribution in [2.24, 2.45) is 5.73 Å². The minimum atomic E-state index is -4.77. The summed E-state index contributed by atoms with van der Waals surface area (Å²) in [5, 5.41) is 10.3. The van der Waals surface area contributed by atoms with Crippen LogP contribution in [0.4, 0.5) is 0 Å². The molecule has 1 amide bonds. The molecule has 1 aromatic heterocycles. The number of hydrogen-bond donors (Lipinski definition) is 4. The molecule has 2 rings (SSSR count). The maximum Gasteiger partial charge on any atom is 0.469 e. The second kappa shape index (κ2) is 7.56. The number of nitrogens with zero attached hydrogens (tertiary/aromatic N) is 1. The Morgan fingerprint density at radius 2 is 2.12 bits per heavy atom. The average molecular weight is 377 g/mol. The molecule has 138 valence electrons. The number of phosphoric acid groups is 1. The van der Waals surface area contributed by atoms with Crippen molar-refractivity contribution in [3.05, 3.63) is 30.1 Å². The molecule has 1 fully saturated rings. The van der Waals surface area contributed by atoms with Gasteiger partial charge in [0.15, 0.2) is 12.4 Å². The van der Waals surface area contributed by atoms with Gasteiger partial charge in [0.25, 0.3) is 5.91 Å². The van der Waals surface area contributed by atoms with E-state index in [9.17, 15) is 19.3 Å². The van der Waals surface area contributed by atoms with E-state index in [0.717, 1.165) is 6.92 Å². The number of ether oxygens (including phenoxy) is 2. The Labute approximate surface area is 142 Å². The van der Waals surface area contributed by atoms with Gasteiger partial charge in [0.2, 0.25) is 6.10 Å². The minimum Gasteiger partial charge on any atom is -0.450 e. The predicted molar refractivity (Wildman–Crippen MR) is 78.6 cm³/mol. The maximum atomic E-state index is 11.3. The number of pyridine rings is 1. The van der Waals surface area contributed by atoms with Gasteiger partial charge in [-0.15, -0.1) is 0 Å². The number of rotatable bonds is 6. The number of amides is 1. The van der Waals surface area contributed by atoms with Gasteiger partial charge in [-0.1, -0.05) is 0 Å². The topological polar surface area (TPSA) is 169 Å². The van der Waals surface area contributed by atoms with Crippen LogP contribution < -0.4 is 10.3 Å². The van der Waals surface area contributed by atoms with Crippen LogP contribution in [0.25, 0.3) is 0 Å². The number of aliphatic hydroxyl groups is 1. The quantitative estimate of drug-likeness (QED) is 0.258. The largest absolute Gasteiger partial charge is 0.469 e. The molecule has 11 nitrogen and oxygen atoms in total. The summed E-state index contributed by atoms with van der Waals surface area (Å²) in [5.41, 5.74) is 5.36. The van der Waals surface area contributed by atoms with Crippen molar-refractivity contribution in [2.45, 2.75) is 31.5 Å². The van der Waals surface area contributed by atoms with Crippen LogP contribution in [-0.4, -0.2) is 51.7 Å². The summed E-state index contributed by atoms with van der Waals surface area (Å²) in [7, 11) is -4.77. The van der Waals surface area contributed by atoms with Gasteiger partial charge in [0.05, 0.1) is 6.61 Å². The van der Waals surface area contributed by atoms with Crippen molar-refractivity contribution in [1.29, 1.82) is 0 Å². The Morgan fingerprint density at radius 3 is 2.68 bits per heavy atom. The lowest BCUT2D eigenvalue weighted by atomic mass is 10.1. The molecule has 0 spiro atoms. The summed E-state index contributed by atoms with van der Waals surface area (Å²) in [6.07, 6.45) is -1.99. The first-order chi connectivity index (χ1) is 11.6. The fraction of sp³-hybridized carbons (Fsp3) is 0.462. The second-order valence-corrected chi connectivity index (χ2v) is 6.56. The number of aliphatic hydroxyl groups excluding tert-OH is 1. The van der Waals surface area contributed by atoms with E-state index >= 15 is 0 Å². The SMILES string of the molecule is CC(=O)OC1C(O)[C@@H](COP(=O)(O)O)O[C@H]1[n+]1cccc(C(N)=O)c1. The van der Waals surface area contributed by atoms with Gasteiger partial charge in [-0.05, 0) is 6.07 Å². The number of primary amides is 1. The zero-order chi connectivity index (χ0) is 18.8. The number of phosphoric ester groups is 1. The molecule has 0 saturated carbocycles. The van der Waals surface area contributed by atoms with Gasteiger partial charge < -0.3 is 30.1 Å². The van der Waals surface area contributed by atoms with Crippen molar-refractivity contribution < 1.29 is 47.6 Å². The number of esters is 1. The van der Waals surface area contributed by atoms with Crippen molar-refractivity contribution in [3.63, 3.8) is 0 Å². The van der Waals surface area contributed by atoms with Crippen LogP contribution in [0.5, 0.6) is 0 Å². The summed E-state index contributed by atoms with van der Waals surface area (Å²) in [6.45, 7) is 0.504. The highest BCUT2D eigenvalue weighted by Crippen LogP contribution is 2.38. The molecule has 2 heterocycles. The van der Waals surface area contributed by atoms with Gasteiger partial charge in [0, 0.05) is 13.0 Å². The summed E-state index contributed by atoms with van der Waals surface area (Å²) >= 11 is 0. The smallest absolute Gasteiger partial charge is 0.450 e. The van der Waals surface area contributed by atoms with Crippen LogP contribution in [0.3, 0.4) is 0 Å². The third-order valence-corrected chi connectivity index (χ3v) is 3.91. The molecule has 0 bridgehead atoms. The average Bonchev–Trinajstić information content (AvgIpc) is 2.81. The molecule has 12 heteroatoms. The monoisotopic (exact) mass is 377 g/mol. The molecule has 1 saturated heterocycles. The fourth-order valence-electron chi connectivity index (χ4n) is 2.38. The van der Waals surface area contributed by atoms with Crippen LogP contribution in [-0.2, 0) is 23.4 Å². The Morgan fingerprint density at radius 1 is 1.44 bits per heavy atom. The maximum absolute atomic E-state index is 11.3. The first kappa shape index (κ1) is 19.4. The van der Waals surface area contributed by atoms with Crippen molar-refractivity contribution >= 4 is 19.7 Å². The molecule has 4 atom stereocenters. The van der Waals surface area contributed by atoms with Gasteiger partial charge in [-0.3, -0.25) is 14.1 Å². The van der Waals surface area contributed by atoms with Gasteiger partial charge in [-0.25, -0.2) is 4.57 Å². The molecule has 0 aromatic carbocycles. The Balaban J connectivity index is 2.27. The number of aromatic nitrogens is 1. The lowest BCUT2D eigenvalue weighted by Crippen LogP contribution is -2.48. The van der Waals surface area contributed by atoms with Crippen molar-refractivity contribution in [1.82, 2.24) is 0 Å². The summed E-state index contributed by atoms with van der Waals surface area (Å²) in [4.78, 5) is 40.1. The number of nitrogens with two attached hydrogens (primary N) is 1. The van der Waals surface area contributed by atoms with Crippen LogP contribution in [0.15, 0.2) is 24.5 Å². The number of carbonyl (C=O) groups is 2. The molecular formula is C13H18N2O9P+. The molecule has 0 aliphatic carbocycles. The Hall–Kier alpha value is -1.88. The highest BCUT2D eigenvalue weighted by molar-refractivity contribution is 7.46. The normalized spacial score (nSPS) is 26.4. The lowest BCUT2D eigenvalue weighted by Gasteiger charge is -2.17. The fourth-order valence-corrected chi connectivity index (χ4v) is 2.72. The molecule has 5 N–H and O–H groups in total. The molecular weight excluding hydrogens is 359 g/mol. The van der Waals surface area contributed by atoms with E-state index in [4.69, 9.17) is 25.0 Å². The van der Waals surface area contributed by atoms with Gasteiger partial charge in [-0.2, -0.15) is 4.57 Å². The summed E-state index contributed by atoms with van der Waals surface area (Å²) < 4.78 is 27.1. The molecule has 25 heavy (non-hydrogen) atoms. The van der Waals surface area contributed by atoms with Gasteiger partial charge >= 0.3 is 20.0 Å². The molecule has 0 radical (unpaired) electrons. The molecule has 1 aliphatic heterocycles. The second-order valence-electron chi connectivity index (χ2n) is 5.32. The molecule has 2 unspecified atom stereocenters. The van der Waals surface area contributed by atoms with E-state index in [2.05, 4.69) is 4.52 Å². The van der Waals surface area contributed by atoms with Crippen LogP contribution in [0.1, 0.15) is 23.5 Å². The van der Waals surface area contributed by atoms with Crippen LogP contribution >= 0.6 is 7.82 Å². The lowest BCUT2D eigenvalue weighted by molar-refractivity contribution is -0.765. The van der Waals surface area contributed by atoms with E-state index in [0.29, 0.717) is 0 Å². The zero-order valence-corrected chi connectivity index (χ0v) is 14.0. The van der Waals surface area contributed by atoms with Crippen molar-refractivity contribution in [2.75, 3.05) is 6.61 Å². The Bertz CT molecular complexity index is 706. The third-order valence-electron chi connectivity index (χ3n) is 3.42. The van der Waals surface area contributed by atoms with E-state index in [1.54, 1.807) is 0 Å². The standard InChI is InChI=1S/C13H17N2O9P/c1-7(16)23-11-10(17)9(6-22-25(19,20)21)24-13(11)15-4-2-3-8(5-15)12(14)18/h2-5,9-11,13,17H,6H2,1H3,(H3-,14,18,19,20,21)/p+1/t9-,10?,11?,13-/m1/s1. The van der Waals surface area contributed by atoms with Crippen LogP contribution in [0, 0.1) is 0 Å². The highest BCUT2D eigenvalue weighted by atomic mass is 31.2. The minimum absolute atomic E-state index is 0.150. The number of hydrogen-bond acceptors (Lipinski definition) is 7. The highest BCUT2D eigenvalue weighted by Gasteiger charge is 2.52. The molecule has 1 aromatic rings. The Kier molecular flexibility index (Phi) is 5.88. The molecule has 1 aliphatic rings.